The standard InChI is InChI=1S/C12H19ClSSi/c1-15(2,3)9-8-14-10-11-6-4-5-7-12(11)13/h4-7H,8-10H2,1-3H3. The summed E-state index contributed by atoms with van der Waals surface area (Å²) in [6, 6.07) is 9.51. The Morgan fingerprint density at radius 2 is 1.87 bits per heavy atom. The van der Waals surface area contributed by atoms with Gasteiger partial charge >= 0.3 is 0 Å². The van der Waals surface area contributed by atoms with Gasteiger partial charge in [-0.25, -0.2) is 0 Å². The lowest BCUT2D eigenvalue weighted by Crippen LogP contribution is -2.19. The molecule has 0 aliphatic carbocycles. The second-order valence-electron chi connectivity index (χ2n) is 4.95. The van der Waals surface area contributed by atoms with Crippen molar-refractivity contribution in [1.29, 1.82) is 0 Å². The highest BCUT2D eigenvalue weighted by molar-refractivity contribution is 7.98. The summed E-state index contributed by atoms with van der Waals surface area (Å²) in [7, 11) is -0.863. The molecular formula is C12H19ClSSi. The van der Waals surface area contributed by atoms with Crippen molar-refractivity contribution in [2.75, 3.05) is 5.75 Å². The average Bonchev–Trinajstić information content (AvgIpc) is 2.13. The first-order chi connectivity index (χ1) is 6.99. The van der Waals surface area contributed by atoms with Crippen LogP contribution in [0.1, 0.15) is 5.56 Å². The summed E-state index contributed by atoms with van der Waals surface area (Å²) in [5.74, 6) is 2.31. The topological polar surface area (TPSA) is 0 Å². The van der Waals surface area contributed by atoms with E-state index in [0.29, 0.717) is 0 Å². The number of hydrogen-bond donors (Lipinski definition) is 0. The molecule has 3 heteroatoms. The Balaban J connectivity index is 2.30. The third kappa shape index (κ3) is 5.64. The number of rotatable bonds is 5. The second-order valence-corrected chi connectivity index (χ2v) is 12.1. The molecule has 0 unspecified atom stereocenters. The van der Waals surface area contributed by atoms with E-state index in [1.54, 1.807) is 0 Å². The number of benzene rings is 1. The van der Waals surface area contributed by atoms with Crippen LogP contribution in [0.15, 0.2) is 24.3 Å². The third-order valence-electron chi connectivity index (χ3n) is 2.21. The molecule has 0 saturated carbocycles. The lowest BCUT2D eigenvalue weighted by atomic mass is 10.2. The van der Waals surface area contributed by atoms with Crippen LogP contribution in [0.25, 0.3) is 0 Å². The first-order valence-electron chi connectivity index (χ1n) is 5.30. The van der Waals surface area contributed by atoms with E-state index in [9.17, 15) is 0 Å². The van der Waals surface area contributed by atoms with Gasteiger partial charge in [-0.15, -0.1) is 0 Å². The molecule has 0 saturated heterocycles. The van der Waals surface area contributed by atoms with Crippen LogP contribution in [0.5, 0.6) is 0 Å². The highest BCUT2D eigenvalue weighted by Crippen LogP contribution is 2.22. The number of halogens is 1. The molecule has 0 fully saturated rings. The normalized spacial score (nSPS) is 11.7. The maximum absolute atomic E-state index is 6.09. The Labute approximate surface area is 103 Å². The van der Waals surface area contributed by atoms with Gasteiger partial charge in [0, 0.05) is 18.8 Å². The maximum atomic E-state index is 6.09. The van der Waals surface area contributed by atoms with E-state index < -0.39 is 8.07 Å². The minimum absolute atomic E-state index is 0.863. The molecule has 1 rings (SSSR count). The third-order valence-corrected chi connectivity index (χ3v) is 5.70. The molecule has 0 N–H and O–H groups in total. The Kier molecular flexibility index (Phi) is 5.23. The van der Waals surface area contributed by atoms with Gasteiger partial charge in [0.2, 0.25) is 0 Å². The fraction of sp³-hybridized carbons (Fsp3) is 0.500. The van der Waals surface area contributed by atoms with Crippen LogP contribution in [0, 0.1) is 0 Å². The van der Waals surface area contributed by atoms with Crippen molar-refractivity contribution in [3.05, 3.63) is 34.9 Å². The van der Waals surface area contributed by atoms with E-state index >= 15 is 0 Å². The van der Waals surface area contributed by atoms with Crippen molar-refractivity contribution in [1.82, 2.24) is 0 Å². The minimum Gasteiger partial charge on any atom is -0.157 e. The van der Waals surface area contributed by atoms with Gasteiger partial charge in [0.05, 0.1) is 0 Å². The summed E-state index contributed by atoms with van der Waals surface area (Å²) >= 11 is 8.09. The van der Waals surface area contributed by atoms with Gasteiger partial charge in [-0.2, -0.15) is 11.8 Å². The Morgan fingerprint density at radius 3 is 2.47 bits per heavy atom. The highest BCUT2D eigenvalue weighted by atomic mass is 35.5. The summed E-state index contributed by atoms with van der Waals surface area (Å²) in [6.07, 6.45) is 0. The van der Waals surface area contributed by atoms with Crippen LogP contribution in [0.2, 0.25) is 30.7 Å². The quantitative estimate of drug-likeness (QED) is 0.534. The molecule has 0 atom stereocenters. The van der Waals surface area contributed by atoms with Gasteiger partial charge < -0.3 is 0 Å². The van der Waals surface area contributed by atoms with Crippen molar-refractivity contribution < 1.29 is 0 Å². The highest BCUT2D eigenvalue weighted by Gasteiger charge is 2.11. The zero-order valence-corrected chi connectivity index (χ0v) is 12.3. The van der Waals surface area contributed by atoms with Gasteiger partial charge in [0.1, 0.15) is 0 Å². The van der Waals surface area contributed by atoms with Crippen LogP contribution in [-0.2, 0) is 5.75 Å². The largest absolute Gasteiger partial charge is 0.157 e. The molecule has 0 bridgehead atoms. The molecule has 84 valence electrons. The van der Waals surface area contributed by atoms with E-state index in [4.69, 9.17) is 11.6 Å². The molecule has 1 aromatic carbocycles. The molecule has 0 nitrogen and oxygen atoms in total. The smallest absolute Gasteiger partial charge is 0.0450 e. The fourth-order valence-corrected chi connectivity index (χ4v) is 5.10. The van der Waals surface area contributed by atoms with Crippen LogP contribution in [-0.4, -0.2) is 13.8 Å². The monoisotopic (exact) mass is 258 g/mol. The first-order valence-corrected chi connectivity index (χ1v) is 10.5. The maximum Gasteiger partial charge on any atom is 0.0450 e. The average molecular weight is 259 g/mol. The zero-order valence-electron chi connectivity index (χ0n) is 9.72. The molecule has 0 aliphatic rings. The summed E-state index contributed by atoms with van der Waals surface area (Å²) in [6.45, 7) is 7.26. The first kappa shape index (κ1) is 13.1. The van der Waals surface area contributed by atoms with Crippen molar-refractivity contribution in [3.63, 3.8) is 0 Å². The van der Waals surface area contributed by atoms with E-state index in [1.165, 1.54) is 17.4 Å². The Morgan fingerprint density at radius 1 is 1.20 bits per heavy atom. The van der Waals surface area contributed by atoms with Gasteiger partial charge in [0.25, 0.3) is 0 Å². The van der Waals surface area contributed by atoms with Crippen molar-refractivity contribution in [2.24, 2.45) is 0 Å². The van der Waals surface area contributed by atoms with E-state index in [-0.39, 0.29) is 0 Å². The summed E-state index contributed by atoms with van der Waals surface area (Å²) in [5.41, 5.74) is 1.26. The van der Waals surface area contributed by atoms with Crippen LogP contribution < -0.4 is 0 Å². The molecule has 0 heterocycles. The summed E-state index contributed by atoms with van der Waals surface area (Å²) < 4.78 is 0. The Bertz CT molecular complexity index is 307. The minimum atomic E-state index is -0.863. The predicted octanol–water partition coefficient (Wildman–Crippen LogP) is 4.91. The molecule has 0 spiro atoms. The molecule has 0 aliphatic heterocycles. The second kappa shape index (κ2) is 5.97. The van der Waals surface area contributed by atoms with Crippen molar-refractivity contribution in [3.8, 4) is 0 Å². The Hall–Kier alpha value is 0.0769. The fourth-order valence-electron chi connectivity index (χ4n) is 1.18. The van der Waals surface area contributed by atoms with E-state index in [1.807, 2.05) is 23.9 Å². The number of thioether (sulfide) groups is 1. The molecule has 0 amide bonds. The predicted molar refractivity (Wildman–Crippen MR) is 75.8 cm³/mol. The molecule has 0 radical (unpaired) electrons. The van der Waals surface area contributed by atoms with Crippen LogP contribution in [0.3, 0.4) is 0 Å². The number of hydrogen-bond acceptors (Lipinski definition) is 1. The van der Waals surface area contributed by atoms with E-state index in [0.717, 1.165) is 10.8 Å². The van der Waals surface area contributed by atoms with Crippen LogP contribution in [0.4, 0.5) is 0 Å². The molecular weight excluding hydrogens is 240 g/mol. The van der Waals surface area contributed by atoms with Crippen molar-refractivity contribution in [2.45, 2.75) is 31.4 Å². The zero-order chi connectivity index (χ0) is 11.3. The van der Waals surface area contributed by atoms with Gasteiger partial charge in [-0.1, -0.05) is 49.4 Å². The lowest BCUT2D eigenvalue weighted by molar-refractivity contribution is 1.34. The van der Waals surface area contributed by atoms with Gasteiger partial charge in [-0.3, -0.25) is 0 Å². The summed E-state index contributed by atoms with van der Waals surface area (Å²) in [4.78, 5) is 0. The van der Waals surface area contributed by atoms with Gasteiger partial charge in [-0.05, 0) is 23.4 Å². The van der Waals surface area contributed by atoms with E-state index in [2.05, 4.69) is 31.8 Å². The van der Waals surface area contributed by atoms with Crippen LogP contribution >= 0.6 is 23.4 Å². The lowest BCUT2D eigenvalue weighted by Gasteiger charge is -2.14. The summed E-state index contributed by atoms with van der Waals surface area (Å²) in [5, 5.41) is 0.901. The molecule has 1 aromatic rings. The van der Waals surface area contributed by atoms with Gasteiger partial charge in [0.15, 0.2) is 0 Å². The molecule has 15 heavy (non-hydrogen) atoms. The molecule has 0 aromatic heterocycles. The van der Waals surface area contributed by atoms with Crippen molar-refractivity contribution >= 4 is 31.4 Å². The SMILES string of the molecule is C[Si](C)(C)CCSCc1ccccc1Cl.